The van der Waals surface area contributed by atoms with Gasteiger partial charge in [-0.15, -0.1) is 10.2 Å². The second-order valence-electron chi connectivity index (χ2n) is 3.25. The average molecular weight is 226 g/mol. The third-order valence-corrected chi connectivity index (χ3v) is 2.29. The molecule has 8 nitrogen and oxygen atoms in total. The van der Waals surface area contributed by atoms with Crippen LogP contribution in [0.2, 0.25) is 0 Å². The molecule has 1 aliphatic heterocycles. The van der Waals surface area contributed by atoms with Gasteiger partial charge in [0.1, 0.15) is 13.2 Å². The van der Waals surface area contributed by atoms with Gasteiger partial charge in [-0.2, -0.15) is 0 Å². The molecule has 0 aliphatic carbocycles. The molecule has 8 heteroatoms. The molecule has 0 aromatic carbocycles. The van der Waals surface area contributed by atoms with Gasteiger partial charge in [0, 0.05) is 6.42 Å². The highest BCUT2D eigenvalue weighted by Gasteiger charge is 2.37. The second-order valence-corrected chi connectivity index (χ2v) is 3.25. The summed E-state index contributed by atoms with van der Waals surface area (Å²) in [4.78, 5) is 16.8. The SMILES string of the molecule is CO/N=C1\C[C@@H](c2nnco2)N(C(=O)O)C1. The Morgan fingerprint density at radius 2 is 2.62 bits per heavy atom. The number of hydrogen-bond donors (Lipinski definition) is 1. The van der Waals surface area contributed by atoms with E-state index in [1.54, 1.807) is 0 Å². The lowest BCUT2D eigenvalue weighted by atomic mass is 10.2. The molecule has 16 heavy (non-hydrogen) atoms. The van der Waals surface area contributed by atoms with Crippen molar-refractivity contribution in [3.05, 3.63) is 12.3 Å². The fourth-order valence-corrected chi connectivity index (χ4v) is 1.65. The average Bonchev–Trinajstić information content (AvgIpc) is 2.83. The van der Waals surface area contributed by atoms with Gasteiger partial charge >= 0.3 is 6.09 Å². The molecule has 1 amide bonds. The number of amides is 1. The molecule has 0 saturated carbocycles. The summed E-state index contributed by atoms with van der Waals surface area (Å²) in [7, 11) is 1.41. The van der Waals surface area contributed by atoms with Crippen LogP contribution in [0.5, 0.6) is 0 Å². The Hall–Kier alpha value is -2.12. The van der Waals surface area contributed by atoms with Gasteiger partial charge in [0.2, 0.25) is 12.3 Å². The van der Waals surface area contributed by atoms with E-state index >= 15 is 0 Å². The first-order valence-electron chi connectivity index (χ1n) is 4.57. The van der Waals surface area contributed by atoms with Gasteiger partial charge in [-0.05, 0) is 0 Å². The van der Waals surface area contributed by atoms with Crippen LogP contribution in [0.4, 0.5) is 4.79 Å². The molecule has 0 spiro atoms. The number of oxime groups is 1. The largest absolute Gasteiger partial charge is 0.465 e. The van der Waals surface area contributed by atoms with E-state index in [4.69, 9.17) is 9.52 Å². The number of aromatic nitrogens is 2. The summed E-state index contributed by atoms with van der Waals surface area (Å²) in [5, 5.41) is 20.0. The number of hydrogen-bond acceptors (Lipinski definition) is 6. The van der Waals surface area contributed by atoms with Crippen LogP contribution in [-0.2, 0) is 4.84 Å². The number of rotatable bonds is 2. The number of likely N-dealkylation sites (tertiary alicyclic amines) is 1. The van der Waals surface area contributed by atoms with E-state index in [1.807, 2.05) is 0 Å². The van der Waals surface area contributed by atoms with E-state index in [0.717, 1.165) is 0 Å². The molecule has 1 aliphatic rings. The third kappa shape index (κ3) is 1.81. The molecular weight excluding hydrogens is 216 g/mol. The van der Waals surface area contributed by atoms with Crippen molar-refractivity contribution in [1.29, 1.82) is 0 Å². The highest BCUT2D eigenvalue weighted by atomic mass is 16.6. The molecule has 1 saturated heterocycles. The van der Waals surface area contributed by atoms with Crippen molar-refractivity contribution < 1.29 is 19.2 Å². The van der Waals surface area contributed by atoms with Gasteiger partial charge in [0.15, 0.2) is 0 Å². The smallest absolute Gasteiger partial charge is 0.408 e. The maximum atomic E-state index is 11.0. The summed E-state index contributed by atoms with van der Waals surface area (Å²) in [5.41, 5.74) is 0.633. The number of carboxylic acid groups (broad SMARTS) is 1. The van der Waals surface area contributed by atoms with Crippen LogP contribution in [0.15, 0.2) is 16.0 Å². The van der Waals surface area contributed by atoms with Crippen LogP contribution in [0.25, 0.3) is 0 Å². The van der Waals surface area contributed by atoms with E-state index in [1.165, 1.54) is 18.4 Å². The Labute approximate surface area is 90.5 Å². The number of nitrogens with zero attached hydrogens (tertiary/aromatic N) is 4. The Morgan fingerprint density at radius 3 is 3.19 bits per heavy atom. The zero-order valence-corrected chi connectivity index (χ0v) is 8.53. The standard InChI is InChI=1S/C8H10N4O4/c1-15-11-5-2-6(7-10-9-4-16-7)12(3-5)8(13)14/h4,6H,2-3H2,1H3,(H,13,14)/b11-5+/t6-/m0/s1. The maximum absolute atomic E-state index is 11.0. The van der Waals surface area contributed by atoms with Gasteiger partial charge in [-0.25, -0.2) is 4.79 Å². The minimum atomic E-state index is -1.05. The lowest BCUT2D eigenvalue weighted by Crippen LogP contribution is -2.29. The monoisotopic (exact) mass is 226 g/mol. The Balaban J connectivity index is 2.23. The molecule has 0 bridgehead atoms. The second kappa shape index (κ2) is 4.17. The highest BCUT2D eigenvalue weighted by molar-refractivity contribution is 5.91. The summed E-state index contributed by atoms with van der Waals surface area (Å²) >= 11 is 0. The van der Waals surface area contributed by atoms with Crippen LogP contribution in [0, 0.1) is 0 Å². The van der Waals surface area contributed by atoms with Gasteiger partial charge in [0.05, 0.1) is 12.3 Å². The first-order chi connectivity index (χ1) is 7.72. The van der Waals surface area contributed by atoms with E-state index in [2.05, 4.69) is 20.2 Å². The molecule has 2 rings (SSSR count). The predicted molar refractivity (Wildman–Crippen MR) is 50.8 cm³/mol. The van der Waals surface area contributed by atoms with Crippen molar-refractivity contribution in [2.45, 2.75) is 12.5 Å². The van der Waals surface area contributed by atoms with Crippen LogP contribution < -0.4 is 0 Å². The Morgan fingerprint density at radius 1 is 1.81 bits per heavy atom. The van der Waals surface area contributed by atoms with Crippen molar-refractivity contribution in [3.63, 3.8) is 0 Å². The van der Waals surface area contributed by atoms with E-state index in [9.17, 15) is 4.79 Å². The van der Waals surface area contributed by atoms with E-state index in [0.29, 0.717) is 12.1 Å². The van der Waals surface area contributed by atoms with Gasteiger partial charge in [0.25, 0.3) is 0 Å². The zero-order chi connectivity index (χ0) is 11.5. The molecule has 1 aromatic rings. The molecule has 0 radical (unpaired) electrons. The predicted octanol–water partition coefficient (Wildman–Crippen LogP) is 0.497. The lowest BCUT2D eigenvalue weighted by Gasteiger charge is -2.16. The van der Waals surface area contributed by atoms with Crippen molar-refractivity contribution in [1.82, 2.24) is 15.1 Å². The molecule has 1 aromatic heterocycles. The Bertz CT molecular complexity index is 402. The van der Waals surface area contributed by atoms with Crippen molar-refractivity contribution in [2.75, 3.05) is 13.7 Å². The van der Waals surface area contributed by atoms with E-state index < -0.39 is 12.1 Å². The van der Waals surface area contributed by atoms with Crippen molar-refractivity contribution in [3.8, 4) is 0 Å². The number of carbonyl (C=O) groups is 1. The molecule has 1 N–H and O–H groups in total. The molecular formula is C8H10N4O4. The van der Waals surface area contributed by atoms with Crippen molar-refractivity contribution >= 4 is 11.8 Å². The van der Waals surface area contributed by atoms with Gasteiger partial charge < -0.3 is 14.4 Å². The zero-order valence-electron chi connectivity index (χ0n) is 8.53. The summed E-state index contributed by atoms with van der Waals surface area (Å²) in [6.45, 7) is 0.191. The van der Waals surface area contributed by atoms with Crippen LogP contribution in [0.1, 0.15) is 18.4 Å². The highest BCUT2D eigenvalue weighted by Crippen LogP contribution is 2.29. The minimum Gasteiger partial charge on any atom is -0.465 e. The fraction of sp³-hybridized carbons (Fsp3) is 0.500. The third-order valence-electron chi connectivity index (χ3n) is 2.29. The van der Waals surface area contributed by atoms with Gasteiger partial charge in [-0.3, -0.25) is 4.90 Å². The first-order valence-corrected chi connectivity index (χ1v) is 4.57. The van der Waals surface area contributed by atoms with Crippen LogP contribution in [-0.4, -0.2) is 45.7 Å². The van der Waals surface area contributed by atoms with Crippen LogP contribution >= 0.6 is 0 Å². The summed E-state index contributed by atoms with van der Waals surface area (Å²) < 4.78 is 5.00. The van der Waals surface area contributed by atoms with Gasteiger partial charge in [-0.1, -0.05) is 5.16 Å². The molecule has 1 atom stereocenters. The molecule has 0 unspecified atom stereocenters. The molecule has 2 heterocycles. The summed E-state index contributed by atoms with van der Waals surface area (Å²) in [6, 6.07) is -0.478. The van der Waals surface area contributed by atoms with Crippen molar-refractivity contribution in [2.24, 2.45) is 5.16 Å². The normalized spacial score (nSPS) is 22.7. The summed E-state index contributed by atoms with van der Waals surface area (Å²) in [5.74, 6) is 0.267. The Kier molecular flexibility index (Phi) is 2.71. The molecule has 86 valence electrons. The first kappa shape index (κ1) is 10.4. The van der Waals surface area contributed by atoms with E-state index in [-0.39, 0.29) is 12.4 Å². The molecule has 1 fully saturated rings. The lowest BCUT2D eigenvalue weighted by molar-refractivity contribution is 0.134. The summed E-state index contributed by atoms with van der Waals surface area (Å²) in [6.07, 6.45) is 0.521. The minimum absolute atomic E-state index is 0.191. The topological polar surface area (TPSA) is 101 Å². The quantitative estimate of drug-likeness (QED) is 0.736. The maximum Gasteiger partial charge on any atom is 0.408 e. The van der Waals surface area contributed by atoms with Crippen LogP contribution in [0.3, 0.4) is 0 Å². The fourth-order valence-electron chi connectivity index (χ4n) is 1.65.